The summed E-state index contributed by atoms with van der Waals surface area (Å²) in [7, 11) is 1.64. The molecule has 3 aromatic carbocycles. The standard InChI is InChI=1S/C31H31BrClN3O5/c1-7-40-31(38)19(5)41-28-20(13-21(33)14-25(28)32)16-34-36-29(35-26-11-9-8-10-22(26)30(36)37)24-15-23(17(2)3)27(39-6)12-18(24)4/h8-17,19H,7H2,1-6H3/t19-/m1/s1. The number of fused-ring (bicyclic) bond motifs is 1. The third kappa shape index (κ3) is 6.47. The van der Waals surface area contributed by atoms with Crippen LogP contribution in [-0.4, -0.2) is 41.7 Å². The lowest BCUT2D eigenvalue weighted by molar-refractivity contribution is -0.150. The summed E-state index contributed by atoms with van der Waals surface area (Å²) in [5.41, 5.74) is 3.25. The molecule has 0 spiro atoms. The highest BCUT2D eigenvalue weighted by Gasteiger charge is 2.21. The summed E-state index contributed by atoms with van der Waals surface area (Å²) in [6.07, 6.45) is 0.574. The van der Waals surface area contributed by atoms with Crippen LogP contribution in [0, 0.1) is 6.92 Å². The van der Waals surface area contributed by atoms with E-state index < -0.39 is 12.1 Å². The highest BCUT2D eigenvalue weighted by atomic mass is 79.9. The number of halogens is 2. The maximum absolute atomic E-state index is 13.8. The van der Waals surface area contributed by atoms with Gasteiger partial charge in [-0.2, -0.15) is 9.78 Å². The van der Waals surface area contributed by atoms with Gasteiger partial charge in [-0.15, -0.1) is 0 Å². The zero-order valence-corrected chi connectivity index (χ0v) is 26.0. The predicted octanol–water partition coefficient (Wildman–Crippen LogP) is 7.13. The first-order chi connectivity index (χ1) is 19.5. The molecular weight excluding hydrogens is 610 g/mol. The number of carbonyl (C=O) groups excluding carboxylic acids is 1. The van der Waals surface area contributed by atoms with Gasteiger partial charge in [-0.1, -0.05) is 37.6 Å². The molecule has 214 valence electrons. The van der Waals surface area contributed by atoms with E-state index in [-0.39, 0.29) is 18.1 Å². The number of benzene rings is 3. The molecule has 0 aliphatic heterocycles. The molecule has 41 heavy (non-hydrogen) atoms. The van der Waals surface area contributed by atoms with Gasteiger partial charge in [0.2, 0.25) is 0 Å². The summed E-state index contributed by atoms with van der Waals surface area (Å²) >= 11 is 9.82. The highest BCUT2D eigenvalue weighted by Crippen LogP contribution is 2.35. The SMILES string of the molecule is CCOC(=O)[C@@H](C)Oc1c(Br)cc(Cl)cc1C=Nn1c(-c2cc(C(C)C)c(OC)cc2C)nc2ccccc2c1=O. The van der Waals surface area contributed by atoms with Crippen LogP contribution < -0.4 is 15.0 Å². The van der Waals surface area contributed by atoms with E-state index in [0.717, 1.165) is 22.4 Å². The molecule has 1 atom stereocenters. The van der Waals surface area contributed by atoms with Gasteiger partial charge < -0.3 is 14.2 Å². The Morgan fingerprint density at radius 2 is 1.90 bits per heavy atom. The maximum Gasteiger partial charge on any atom is 0.347 e. The number of aryl methyl sites for hydroxylation is 1. The number of hydrogen-bond donors (Lipinski definition) is 0. The molecule has 0 aliphatic carbocycles. The molecule has 4 aromatic rings. The Labute approximate surface area is 252 Å². The molecule has 0 aliphatic rings. The molecule has 0 saturated carbocycles. The number of rotatable bonds is 9. The average molecular weight is 641 g/mol. The lowest BCUT2D eigenvalue weighted by atomic mass is 9.96. The molecule has 0 unspecified atom stereocenters. The lowest BCUT2D eigenvalue weighted by Crippen LogP contribution is -2.26. The Bertz CT molecular complexity index is 1700. The van der Waals surface area contributed by atoms with Crippen LogP contribution in [0.25, 0.3) is 22.3 Å². The lowest BCUT2D eigenvalue weighted by Gasteiger charge is -2.18. The first-order valence-electron chi connectivity index (χ1n) is 13.1. The minimum atomic E-state index is -0.892. The number of nitrogens with zero attached hydrogens (tertiary/aromatic N) is 3. The quantitative estimate of drug-likeness (QED) is 0.143. The fraction of sp³-hybridized carbons (Fsp3) is 0.290. The van der Waals surface area contributed by atoms with Crippen LogP contribution in [0.4, 0.5) is 0 Å². The van der Waals surface area contributed by atoms with Crippen LogP contribution in [0.2, 0.25) is 5.02 Å². The molecule has 1 heterocycles. The van der Waals surface area contributed by atoms with Gasteiger partial charge in [0.25, 0.3) is 5.56 Å². The highest BCUT2D eigenvalue weighted by molar-refractivity contribution is 9.10. The molecule has 0 fully saturated rings. The van der Waals surface area contributed by atoms with Gasteiger partial charge in [-0.25, -0.2) is 9.78 Å². The van der Waals surface area contributed by atoms with Crippen LogP contribution in [0.3, 0.4) is 0 Å². The Balaban J connectivity index is 1.93. The van der Waals surface area contributed by atoms with E-state index in [4.69, 9.17) is 30.8 Å². The van der Waals surface area contributed by atoms with Gasteiger partial charge in [0, 0.05) is 16.1 Å². The number of hydrogen-bond acceptors (Lipinski definition) is 7. The van der Waals surface area contributed by atoms with E-state index in [1.54, 1.807) is 51.3 Å². The van der Waals surface area contributed by atoms with E-state index in [9.17, 15) is 9.59 Å². The van der Waals surface area contributed by atoms with Crippen molar-refractivity contribution in [1.29, 1.82) is 0 Å². The number of methoxy groups -OCH3 is 1. The summed E-state index contributed by atoms with van der Waals surface area (Å²) in [6, 6.07) is 14.4. The second-order valence-electron chi connectivity index (χ2n) is 9.70. The first-order valence-corrected chi connectivity index (χ1v) is 14.3. The maximum atomic E-state index is 13.8. The van der Waals surface area contributed by atoms with Gasteiger partial charge in [0.1, 0.15) is 11.5 Å². The second kappa shape index (κ2) is 12.9. The Kier molecular flexibility index (Phi) is 9.50. The molecule has 0 radical (unpaired) electrons. The van der Waals surface area contributed by atoms with Crippen LogP contribution in [0.1, 0.15) is 50.3 Å². The average Bonchev–Trinajstić information content (AvgIpc) is 2.93. The van der Waals surface area contributed by atoms with Crippen molar-refractivity contribution in [2.45, 2.75) is 46.6 Å². The number of ether oxygens (including phenoxy) is 3. The minimum absolute atomic E-state index is 0.165. The van der Waals surface area contributed by atoms with Crippen molar-refractivity contribution in [1.82, 2.24) is 9.66 Å². The number of aromatic nitrogens is 2. The summed E-state index contributed by atoms with van der Waals surface area (Å²) in [5.74, 6) is 1.12. The second-order valence-corrected chi connectivity index (χ2v) is 11.0. The van der Waals surface area contributed by atoms with E-state index >= 15 is 0 Å². The molecule has 8 nitrogen and oxygen atoms in total. The van der Waals surface area contributed by atoms with E-state index in [1.165, 1.54) is 10.9 Å². The minimum Gasteiger partial charge on any atom is -0.496 e. The monoisotopic (exact) mass is 639 g/mol. The Morgan fingerprint density at radius 3 is 2.59 bits per heavy atom. The van der Waals surface area contributed by atoms with Crippen LogP contribution in [-0.2, 0) is 9.53 Å². The predicted molar refractivity (Wildman–Crippen MR) is 166 cm³/mol. The molecule has 0 bridgehead atoms. The molecule has 0 saturated heterocycles. The molecule has 0 N–H and O–H groups in total. The van der Waals surface area contributed by atoms with Gasteiger partial charge in [0.05, 0.1) is 35.3 Å². The van der Waals surface area contributed by atoms with Crippen molar-refractivity contribution in [2.24, 2.45) is 5.10 Å². The van der Waals surface area contributed by atoms with Crippen molar-refractivity contribution >= 4 is 50.6 Å². The van der Waals surface area contributed by atoms with Crippen molar-refractivity contribution in [3.05, 3.63) is 85.1 Å². The van der Waals surface area contributed by atoms with Gasteiger partial charge in [-0.05, 0) is 90.1 Å². The van der Waals surface area contributed by atoms with Crippen LogP contribution in [0.5, 0.6) is 11.5 Å². The van der Waals surface area contributed by atoms with Crippen LogP contribution in [0.15, 0.2) is 62.9 Å². The van der Waals surface area contributed by atoms with E-state index in [1.807, 2.05) is 25.1 Å². The molecule has 10 heteroatoms. The molecule has 1 aromatic heterocycles. The van der Waals surface area contributed by atoms with Crippen molar-refractivity contribution < 1.29 is 19.0 Å². The third-order valence-electron chi connectivity index (χ3n) is 6.46. The fourth-order valence-electron chi connectivity index (χ4n) is 4.38. The van der Waals surface area contributed by atoms with E-state index in [2.05, 4.69) is 34.9 Å². The normalized spacial score (nSPS) is 12.2. The van der Waals surface area contributed by atoms with Crippen LogP contribution >= 0.6 is 27.5 Å². The zero-order valence-electron chi connectivity index (χ0n) is 23.7. The molecule has 0 amide bonds. The van der Waals surface area contributed by atoms with Gasteiger partial charge in [0.15, 0.2) is 11.9 Å². The summed E-state index contributed by atoms with van der Waals surface area (Å²) < 4.78 is 18.4. The Morgan fingerprint density at radius 1 is 1.17 bits per heavy atom. The van der Waals surface area contributed by atoms with Crippen molar-refractivity contribution in [2.75, 3.05) is 13.7 Å². The van der Waals surface area contributed by atoms with Gasteiger partial charge >= 0.3 is 5.97 Å². The topological polar surface area (TPSA) is 92.0 Å². The largest absolute Gasteiger partial charge is 0.496 e. The van der Waals surface area contributed by atoms with E-state index in [0.29, 0.717) is 37.5 Å². The van der Waals surface area contributed by atoms with Crippen molar-refractivity contribution in [3.8, 4) is 22.9 Å². The summed E-state index contributed by atoms with van der Waals surface area (Å²) in [6.45, 7) is 9.63. The van der Waals surface area contributed by atoms with Crippen molar-refractivity contribution in [3.63, 3.8) is 0 Å². The number of para-hydroxylation sites is 1. The van der Waals surface area contributed by atoms with Gasteiger partial charge in [-0.3, -0.25) is 4.79 Å². The summed E-state index contributed by atoms with van der Waals surface area (Å²) in [4.78, 5) is 30.9. The molecule has 4 rings (SSSR count). The fourth-order valence-corrected chi connectivity index (χ4v) is 5.30. The number of esters is 1. The Hall–Kier alpha value is -3.69. The smallest absolute Gasteiger partial charge is 0.347 e. The molecular formula is C31H31BrClN3O5. The summed E-state index contributed by atoms with van der Waals surface area (Å²) in [5, 5.41) is 5.43. The number of carbonyl (C=O) groups is 1. The zero-order chi connectivity index (χ0) is 29.8. The third-order valence-corrected chi connectivity index (χ3v) is 7.26. The first kappa shape index (κ1) is 30.3.